The largest absolute Gasteiger partial charge is 0.444 e. The fourth-order valence-corrected chi connectivity index (χ4v) is 3.35. The molecule has 0 aliphatic heterocycles. The minimum atomic E-state index is -0.582. The van der Waals surface area contributed by atoms with Gasteiger partial charge in [0.25, 0.3) is 5.56 Å². The number of alkyl carbamates (subject to hydrolysis) is 1. The van der Waals surface area contributed by atoms with Crippen molar-refractivity contribution < 1.29 is 9.53 Å². The normalized spacial score (nSPS) is 12.5. The third kappa shape index (κ3) is 6.06. The van der Waals surface area contributed by atoms with E-state index in [0.717, 1.165) is 5.56 Å². The van der Waals surface area contributed by atoms with Crippen LogP contribution in [0.5, 0.6) is 0 Å². The van der Waals surface area contributed by atoms with Crippen molar-refractivity contribution in [3.63, 3.8) is 0 Å². The number of rotatable bonds is 6. The molecule has 2 aromatic carbocycles. The first kappa shape index (κ1) is 22.8. The molecule has 1 unspecified atom stereocenters. The number of fused-ring (bicyclic) bond motifs is 1. The third-order valence-corrected chi connectivity index (χ3v) is 4.82. The first-order valence-corrected chi connectivity index (χ1v) is 10.5. The van der Waals surface area contributed by atoms with E-state index in [9.17, 15) is 9.59 Å². The molecular weight excluding hydrogens is 416 g/mol. The molecule has 7 nitrogen and oxygen atoms in total. The lowest BCUT2D eigenvalue weighted by Crippen LogP contribution is -2.35. The predicted molar refractivity (Wildman–Crippen MR) is 122 cm³/mol. The van der Waals surface area contributed by atoms with Gasteiger partial charge in [0.1, 0.15) is 11.4 Å². The Morgan fingerprint density at radius 2 is 1.94 bits per heavy atom. The second-order valence-electron chi connectivity index (χ2n) is 8.33. The number of aromatic nitrogens is 2. The number of halogens is 1. The maximum Gasteiger partial charge on any atom is 0.407 e. The summed E-state index contributed by atoms with van der Waals surface area (Å²) >= 11 is 6.10. The fraction of sp³-hybridized carbons (Fsp3) is 0.348. The lowest BCUT2D eigenvalue weighted by Gasteiger charge is -2.21. The molecule has 0 bridgehead atoms. The Labute approximate surface area is 186 Å². The van der Waals surface area contributed by atoms with Crippen LogP contribution in [0.25, 0.3) is 10.9 Å². The molecule has 3 aromatic rings. The second-order valence-corrected chi connectivity index (χ2v) is 8.77. The summed E-state index contributed by atoms with van der Waals surface area (Å²) in [5, 5.41) is 3.66. The lowest BCUT2D eigenvalue weighted by molar-refractivity contribution is 0.0526. The van der Waals surface area contributed by atoms with Crippen LogP contribution in [0.1, 0.15) is 44.6 Å². The van der Waals surface area contributed by atoms with Gasteiger partial charge in [0.2, 0.25) is 0 Å². The lowest BCUT2D eigenvalue weighted by atomic mass is 10.1. The number of amides is 1. The van der Waals surface area contributed by atoms with Gasteiger partial charge in [-0.25, -0.2) is 9.78 Å². The molecule has 0 radical (unpaired) electrons. The summed E-state index contributed by atoms with van der Waals surface area (Å²) in [4.78, 5) is 29.8. The number of hydrogen-bond donors (Lipinski definition) is 2. The van der Waals surface area contributed by atoms with Crippen LogP contribution < -0.4 is 16.6 Å². The molecule has 0 fully saturated rings. The van der Waals surface area contributed by atoms with E-state index < -0.39 is 17.7 Å². The van der Waals surface area contributed by atoms with E-state index in [4.69, 9.17) is 22.1 Å². The van der Waals surface area contributed by atoms with Crippen molar-refractivity contribution in [2.45, 2.75) is 45.4 Å². The number of nitrogens with one attached hydrogen (secondary N) is 1. The highest BCUT2D eigenvalue weighted by molar-refractivity contribution is 6.31. The van der Waals surface area contributed by atoms with E-state index in [2.05, 4.69) is 10.3 Å². The summed E-state index contributed by atoms with van der Waals surface area (Å²) in [6, 6.07) is 14.1. The van der Waals surface area contributed by atoms with Crippen LogP contribution in [-0.2, 0) is 11.3 Å². The van der Waals surface area contributed by atoms with Gasteiger partial charge >= 0.3 is 6.09 Å². The van der Waals surface area contributed by atoms with E-state index in [1.165, 1.54) is 0 Å². The number of carbonyl (C=O) groups excluding carboxylic acids is 1. The maximum absolute atomic E-state index is 13.2. The van der Waals surface area contributed by atoms with Gasteiger partial charge in [-0.15, -0.1) is 0 Å². The Balaban J connectivity index is 1.88. The van der Waals surface area contributed by atoms with Gasteiger partial charge in [0.05, 0.1) is 23.5 Å². The monoisotopic (exact) mass is 442 g/mol. The van der Waals surface area contributed by atoms with Crippen molar-refractivity contribution in [3.05, 3.63) is 75.3 Å². The molecule has 8 heteroatoms. The summed E-state index contributed by atoms with van der Waals surface area (Å²) in [6.45, 7) is 6.01. The van der Waals surface area contributed by atoms with E-state index in [-0.39, 0.29) is 12.1 Å². The number of benzene rings is 2. The minimum absolute atomic E-state index is 0.184. The first-order valence-electron chi connectivity index (χ1n) is 10.1. The molecule has 1 atom stereocenters. The number of carbonyl (C=O) groups is 1. The Bertz CT molecular complexity index is 1120. The van der Waals surface area contributed by atoms with Gasteiger partial charge in [0, 0.05) is 11.6 Å². The highest BCUT2D eigenvalue weighted by Crippen LogP contribution is 2.19. The first-order chi connectivity index (χ1) is 14.6. The van der Waals surface area contributed by atoms with Gasteiger partial charge < -0.3 is 15.8 Å². The topological polar surface area (TPSA) is 99.2 Å². The summed E-state index contributed by atoms with van der Waals surface area (Å²) in [5.74, 6) is 0.439. The minimum Gasteiger partial charge on any atom is -0.444 e. The Morgan fingerprint density at radius 3 is 2.61 bits per heavy atom. The van der Waals surface area contributed by atoms with Gasteiger partial charge in [-0.3, -0.25) is 9.36 Å². The maximum atomic E-state index is 13.2. The fourth-order valence-electron chi connectivity index (χ4n) is 3.19. The highest BCUT2D eigenvalue weighted by atomic mass is 35.5. The molecule has 0 saturated carbocycles. The smallest absolute Gasteiger partial charge is 0.407 e. The Kier molecular flexibility index (Phi) is 6.97. The zero-order valence-corrected chi connectivity index (χ0v) is 18.6. The highest BCUT2D eigenvalue weighted by Gasteiger charge is 2.19. The van der Waals surface area contributed by atoms with E-state index in [1.54, 1.807) is 43.5 Å². The van der Waals surface area contributed by atoms with Gasteiger partial charge in [-0.2, -0.15) is 0 Å². The van der Waals surface area contributed by atoms with Crippen LogP contribution in [-0.4, -0.2) is 27.8 Å². The molecule has 1 amide bonds. The molecule has 0 spiro atoms. The second kappa shape index (κ2) is 9.49. The molecule has 31 heavy (non-hydrogen) atoms. The SMILES string of the molecule is CC(C)(C)OC(=O)NCCC(N)c1nc2cc(Cl)ccc2c(=O)n1Cc1ccccc1. The molecule has 3 N–H and O–H groups in total. The molecular formula is C23H27ClN4O3. The van der Waals surface area contributed by atoms with Gasteiger partial charge in [-0.1, -0.05) is 41.9 Å². The molecule has 164 valence electrons. The average Bonchev–Trinajstić information content (AvgIpc) is 2.69. The molecule has 1 aromatic heterocycles. The molecule has 0 aliphatic rings. The van der Waals surface area contributed by atoms with Crippen LogP contribution >= 0.6 is 11.6 Å². The summed E-state index contributed by atoms with van der Waals surface area (Å²) in [7, 11) is 0. The van der Waals surface area contributed by atoms with Gasteiger partial charge in [-0.05, 0) is 51.0 Å². The molecule has 3 rings (SSSR count). The molecule has 0 saturated heterocycles. The van der Waals surface area contributed by atoms with E-state index >= 15 is 0 Å². The zero-order chi connectivity index (χ0) is 22.6. The van der Waals surface area contributed by atoms with Crippen LogP contribution in [0.4, 0.5) is 4.79 Å². The van der Waals surface area contributed by atoms with Crippen molar-refractivity contribution in [1.82, 2.24) is 14.9 Å². The average molecular weight is 443 g/mol. The standard InChI is InChI=1S/C23H27ClN4O3/c1-23(2,3)31-22(30)26-12-11-18(25)20-27-19-13-16(24)9-10-17(19)21(29)28(20)14-15-7-5-4-6-8-15/h4-10,13,18H,11-12,14,25H2,1-3H3,(H,26,30). The Morgan fingerprint density at radius 1 is 1.23 bits per heavy atom. The van der Waals surface area contributed by atoms with Gasteiger partial charge in [0.15, 0.2) is 0 Å². The Hall–Kier alpha value is -2.90. The molecule has 1 heterocycles. The van der Waals surface area contributed by atoms with Crippen LogP contribution in [0.2, 0.25) is 5.02 Å². The number of nitrogens with zero attached hydrogens (tertiary/aromatic N) is 2. The van der Waals surface area contributed by atoms with Crippen molar-refractivity contribution in [2.24, 2.45) is 5.73 Å². The summed E-state index contributed by atoms with van der Waals surface area (Å²) < 4.78 is 6.83. The zero-order valence-electron chi connectivity index (χ0n) is 17.9. The van der Waals surface area contributed by atoms with Crippen molar-refractivity contribution in [2.75, 3.05) is 6.54 Å². The summed E-state index contributed by atoms with van der Waals surface area (Å²) in [5.41, 5.74) is 7.10. The van der Waals surface area contributed by atoms with Crippen LogP contribution in [0.15, 0.2) is 53.3 Å². The summed E-state index contributed by atoms with van der Waals surface area (Å²) in [6.07, 6.45) is -0.133. The van der Waals surface area contributed by atoms with Crippen molar-refractivity contribution >= 4 is 28.6 Å². The quantitative estimate of drug-likeness (QED) is 0.600. The van der Waals surface area contributed by atoms with Crippen LogP contribution in [0.3, 0.4) is 0 Å². The van der Waals surface area contributed by atoms with Crippen LogP contribution in [0, 0.1) is 0 Å². The molecule has 0 aliphatic carbocycles. The predicted octanol–water partition coefficient (Wildman–Crippen LogP) is 4.01. The number of hydrogen-bond acceptors (Lipinski definition) is 5. The van der Waals surface area contributed by atoms with Crippen molar-refractivity contribution in [3.8, 4) is 0 Å². The van der Waals surface area contributed by atoms with E-state index in [0.29, 0.717) is 34.7 Å². The number of ether oxygens (including phenoxy) is 1. The van der Waals surface area contributed by atoms with E-state index in [1.807, 2.05) is 30.3 Å². The van der Waals surface area contributed by atoms with Crippen molar-refractivity contribution in [1.29, 1.82) is 0 Å². The number of nitrogens with two attached hydrogens (primary N) is 1. The third-order valence-electron chi connectivity index (χ3n) is 4.59.